The Hall–Kier alpha value is -2.42. The van der Waals surface area contributed by atoms with E-state index in [-0.39, 0.29) is 9.79 Å². The molecule has 0 spiro atoms. The average molecular weight is 419 g/mol. The molecule has 0 saturated carbocycles. The summed E-state index contributed by atoms with van der Waals surface area (Å²) in [5.74, 6) is 0. The summed E-state index contributed by atoms with van der Waals surface area (Å²) in [5, 5.41) is 3.05. The molecule has 3 aromatic rings. The minimum absolute atomic E-state index is 0.0332. The van der Waals surface area contributed by atoms with Gasteiger partial charge in [0.05, 0.1) is 15.5 Å². The van der Waals surface area contributed by atoms with Gasteiger partial charge in [0.2, 0.25) is 0 Å². The third-order valence-electron chi connectivity index (χ3n) is 4.54. The number of hydrogen-bond donors (Lipinski definition) is 1. The number of nitrogens with zero attached hydrogens (tertiary/aromatic N) is 1. The van der Waals surface area contributed by atoms with Gasteiger partial charge in [-0.2, -0.15) is 0 Å². The number of benzene rings is 2. The minimum atomic E-state index is -4.00. The van der Waals surface area contributed by atoms with Crippen molar-refractivity contribution in [2.45, 2.75) is 23.3 Å². The highest BCUT2D eigenvalue weighted by atomic mass is 32.2. The van der Waals surface area contributed by atoms with Crippen molar-refractivity contribution in [2.75, 3.05) is 13.3 Å². The Kier molecular flexibility index (Phi) is 5.47. The van der Waals surface area contributed by atoms with Gasteiger partial charge in [-0.3, -0.25) is 0 Å². The second-order valence-electron chi connectivity index (χ2n) is 6.57. The van der Waals surface area contributed by atoms with E-state index in [9.17, 15) is 16.8 Å². The fraction of sp³-hybridized carbons (Fsp3) is 0.200. The van der Waals surface area contributed by atoms with E-state index in [2.05, 4.69) is 5.32 Å². The molecule has 0 aliphatic heterocycles. The number of hydrogen-bond acceptors (Lipinski definition) is 5. The highest BCUT2D eigenvalue weighted by Gasteiger charge is 2.25. The molecule has 6 nitrogen and oxygen atoms in total. The molecule has 0 atom stereocenters. The first-order valence-electron chi connectivity index (χ1n) is 8.63. The quantitative estimate of drug-likeness (QED) is 0.665. The molecular formula is C20H22N2O4S2. The van der Waals surface area contributed by atoms with Crippen LogP contribution in [-0.2, 0) is 26.4 Å². The minimum Gasteiger partial charge on any atom is -0.316 e. The van der Waals surface area contributed by atoms with Crippen LogP contribution in [-0.4, -0.2) is 34.1 Å². The number of rotatable bonds is 6. The lowest BCUT2D eigenvalue weighted by atomic mass is 10.1. The first kappa shape index (κ1) is 20.3. The standard InChI is InChI=1S/C20H22N2O4S2/c1-15-17(13-21-2)14-22(20(15)16-8-5-4-6-9-16)28(25,26)19-11-7-10-18(12-19)27(3,23)24/h4-12,14,21H,13H2,1-3H3. The molecule has 0 aliphatic carbocycles. The third-order valence-corrected chi connectivity index (χ3v) is 7.30. The fourth-order valence-electron chi connectivity index (χ4n) is 3.10. The lowest BCUT2D eigenvalue weighted by Gasteiger charge is -2.12. The Morgan fingerprint density at radius 2 is 1.57 bits per heavy atom. The average Bonchev–Trinajstić information content (AvgIpc) is 2.99. The summed E-state index contributed by atoms with van der Waals surface area (Å²) < 4.78 is 51.8. The van der Waals surface area contributed by atoms with E-state index in [1.807, 2.05) is 37.3 Å². The molecule has 8 heteroatoms. The van der Waals surface area contributed by atoms with Crippen LogP contribution >= 0.6 is 0 Å². The Bertz CT molecular complexity index is 1210. The summed E-state index contributed by atoms with van der Waals surface area (Å²) in [4.78, 5) is -0.104. The van der Waals surface area contributed by atoms with Gasteiger partial charge in [-0.1, -0.05) is 36.4 Å². The molecular weight excluding hydrogens is 396 g/mol. The van der Waals surface area contributed by atoms with E-state index in [4.69, 9.17) is 0 Å². The smallest absolute Gasteiger partial charge is 0.268 e. The normalized spacial score (nSPS) is 12.2. The van der Waals surface area contributed by atoms with Gasteiger partial charge in [0.25, 0.3) is 10.0 Å². The first-order chi connectivity index (χ1) is 13.2. The molecule has 1 heterocycles. The molecule has 0 radical (unpaired) electrons. The van der Waals surface area contributed by atoms with Crippen molar-refractivity contribution in [3.63, 3.8) is 0 Å². The maximum atomic E-state index is 13.4. The maximum absolute atomic E-state index is 13.4. The van der Waals surface area contributed by atoms with E-state index >= 15 is 0 Å². The Balaban J connectivity index is 2.27. The molecule has 28 heavy (non-hydrogen) atoms. The number of aromatic nitrogens is 1. The monoisotopic (exact) mass is 418 g/mol. The molecule has 0 bridgehead atoms. The zero-order valence-corrected chi connectivity index (χ0v) is 17.5. The summed E-state index contributed by atoms with van der Waals surface area (Å²) in [6, 6.07) is 14.7. The number of nitrogens with one attached hydrogen (secondary N) is 1. The van der Waals surface area contributed by atoms with E-state index in [0.29, 0.717) is 12.2 Å². The van der Waals surface area contributed by atoms with Gasteiger partial charge in [0, 0.05) is 19.0 Å². The summed E-state index contributed by atoms with van der Waals surface area (Å²) in [6.07, 6.45) is 2.65. The fourth-order valence-corrected chi connectivity index (χ4v) is 5.34. The molecule has 0 unspecified atom stereocenters. The van der Waals surface area contributed by atoms with Crippen molar-refractivity contribution >= 4 is 19.9 Å². The Morgan fingerprint density at radius 3 is 2.18 bits per heavy atom. The topological polar surface area (TPSA) is 85.2 Å². The van der Waals surface area contributed by atoms with Crippen LogP contribution in [0.3, 0.4) is 0 Å². The molecule has 2 aromatic carbocycles. The van der Waals surface area contributed by atoms with Gasteiger partial charge in [0.15, 0.2) is 9.84 Å². The van der Waals surface area contributed by atoms with Crippen LogP contribution in [0.2, 0.25) is 0 Å². The van der Waals surface area contributed by atoms with E-state index in [1.54, 1.807) is 13.2 Å². The van der Waals surface area contributed by atoms with Crippen LogP contribution in [0.15, 0.2) is 70.6 Å². The van der Waals surface area contributed by atoms with E-state index in [1.165, 1.54) is 28.2 Å². The lowest BCUT2D eigenvalue weighted by molar-refractivity contribution is 0.587. The van der Waals surface area contributed by atoms with Gasteiger partial charge in [-0.15, -0.1) is 0 Å². The predicted molar refractivity (Wildman–Crippen MR) is 110 cm³/mol. The van der Waals surface area contributed by atoms with Crippen molar-refractivity contribution in [2.24, 2.45) is 0 Å². The predicted octanol–water partition coefficient (Wildman–Crippen LogP) is 2.82. The van der Waals surface area contributed by atoms with Gasteiger partial charge in [0.1, 0.15) is 0 Å². The largest absolute Gasteiger partial charge is 0.316 e. The maximum Gasteiger partial charge on any atom is 0.268 e. The van der Waals surface area contributed by atoms with Crippen molar-refractivity contribution < 1.29 is 16.8 Å². The highest BCUT2D eigenvalue weighted by Crippen LogP contribution is 2.31. The lowest BCUT2D eigenvalue weighted by Crippen LogP contribution is -2.14. The molecule has 0 saturated heterocycles. The number of sulfone groups is 1. The molecule has 0 amide bonds. The van der Waals surface area contributed by atoms with Gasteiger partial charge < -0.3 is 5.32 Å². The molecule has 1 aromatic heterocycles. The third kappa shape index (κ3) is 3.76. The highest BCUT2D eigenvalue weighted by molar-refractivity contribution is 7.91. The van der Waals surface area contributed by atoms with E-state index in [0.717, 1.165) is 22.9 Å². The first-order valence-corrected chi connectivity index (χ1v) is 12.0. The van der Waals surface area contributed by atoms with E-state index < -0.39 is 19.9 Å². The summed E-state index contributed by atoms with van der Waals surface area (Å²) in [6.45, 7) is 2.39. The molecule has 1 N–H and O–H groups in total. The van der Waals surface area contributed by atoms with Crippen LogP contribution in [0, 0.1) is 6.92 Å². The Morgan fingerprint density at radius 1 is 0.929 bits per heavy atom. The zero-order valence-electron chi connectivity index (χ0n) is 15.9. The zero-order chi connectivity index (χ0) is 20.5. The molecule has 0 aliphatic rings. The summed E-state index contributed by atoms with van der Waals surface area (Å²) in [7, 11) is -5.73. The van der Waals surface area contributed by atoms with Gasteiger partial charge >= 0.3 is 0 Å². The Labute approximate surface area is 165 Å². The molecule has 148 valence electrons. The van der Waals surface area contributed by atoms with Crippen molar-refractivity contribution in [3.05, 3.63) is 71.9 Å². The van der Waals surface area contributed by atoms with Crippen molar-refractivity contribution in [1.82, 2.24) is 9.29 Å². The summed E-state index contributed by atoms with van der Waals surface area (Å²) in [5.41, 5.74) is 3.04. The van der Waals surface area contributed by atoms with Crippen molar-refractivity contribution in [1.29, 1.82) is 0 Å². The van der Waals surface area contributed by atoms with Crippen LogP contribution in [0.4, 0.5) is 0 Å². The van der Waals surface area contributed by atoms with Crippen LogP contribution in [0.25, 0.3) is 11.3 Å². The second-order valence-corrected chi connectivity index (χ2v) is 10.4. The van der Waals surface area contributed by atoms with Crippen molar-refractivity contribution in [3.8, 4) is 11.3 Å². The molecule has 3 rings (SSSR count). The van der Waals surface area contributed by atoms with Crippen LogP contribution < -0.4 is 5.32 Å². The SMILES string of the molecule is CNCc1cn(S(=O)(=O)c2cccc(S(C)(=O)=O)c2)c(-c2ccccc2)c1C. The molecule has 0 fully saturated rings. The summed E-state index contributed by atoms with van der Waals surface area (Å²) >= 11 is 0. The van der Waals surface area contributed by atoms with Gasteiger partial charge in [-0.05, 0) is 48.9 Å². The second kappa shape index (κ2) is 7.54. The van der Waals surface area contributed by atoms with Gasteiger partial charge in [-0.25, -0.2) is 20.8 Å². The van der Waals surface area contributed by atoms with Crippen LogP contribution in [0.5, 0.6) is 0 Å². The van der Waals surface area contributed by atoms with Crippen LogP contribution in [0.1, 0.15) is 11.1 Å².